The van der Waals surface area contributed by atoms with Crippen LogP contribution in [0.3, 0.4) is 0 Å². The molecule has 2 N–H and O–H groups in total. The topological polar surface area (TPSA) is 62.8 Å². The highest BCUT2D eigenvalue weighted by molar-refractivity contribution is 5.82. The van der Waals surface area contributed by atoms with Crippen LogP contribution < -0.4 is 20.3 Å². The average molecular weight is 369 g/mol. The second-order valence-electron chi connectivity index (χ2n) is 6.58. The Morgan fingerprint density at radius 1 is 1.07 bits per heavy atom. The van der Waals surface area contributed by atoms with Crippen LogP contribution in [0.25, 0.3) is 0 Å². The molecule has 1 aliphatic heterocycles. The molecule has 0 aromatic heterocycles. The van der Waals surface area contributed by atoms with E-state index in [-0.39, 0.29) is 18.0 Å². The second-order valence-corrected chi connectivity index (χ2v) is 6.58. The maximum Gasteiger partial charge on any atom is 0.241 e. The Labute approximate surface area is 160 Å². The molecule has 144 valence electrons. The number of hydrogen-bond donors (Lipinski definition) is 2. The van der Waals surface area contributed by atoms with Crippen molar-refractivity contribution < 1.29 is 14.3 Å². The minimum Gasteiger partial charge on any atom is -0.493 e. The van der Waals surface area contributed by atoms with Crippen molar-refractivity contribution in [3.05, 3.63) is 59.7 Å². The molecule has 6 heteroatoms. The molecule has 2 aromatic carbocycles. The van der Waals surface area contributed by atoms with Gasteiger partial charge in [0.1, 0.15) is 6.04 Å². The fourth-order valence-corrected chi connectivity index (χ4v) is 3.39. The number of hydrogen-bond acceptors (Lipinski definition) is 5. The van der Waals surface area contributed by atoms with Crippen LogP contribution in [0.1, 0.15) is 30.5 Å². The number of carbonyl (C=O) groups is 1. The van der Waals surface area contributed by atoms with E-state index in [2.05, 4.69) is 23.0 Å². The van der Waals surface area contributed by atoms with Gasteiger partial charge in [0, 0.05) is 19.1 Å². The molecule has 0 aliphatic carbocycles. The number of amides is 1. The third-order valence-electron chi connectivity index (χ3n) is 4.92. The van der Waals surface area contributed by atoms with Gasteiger partial charge < -0.3 is 14.4 Å². The van der Waals surface area contributed by atoms with E-state index >= 15 is 0 Å². The van der Waals surface area contributed by atoms with Crippen LogP contribution in [0.4, 0.5) is 0 Å². The molecular formula is C21H27N3O3. The van der Waals surface area contributed by atoms with E-state index in [4.69, 9.17) is 9.47 Å². The largest absolute Gasteiger partial charge is 0.493 e. The summed E-state index contributed by atoms with van der Waals surface area (Å²) < 4.78 is 10.6. The Morgan fingerprint density at radius 2 is 1.81 bits per heavy atom. The van der Waals surface area contributed by atoms with E-state index < -0.39 is 0 Å². The summed E-state index contributed by atoms with van der Waals surface area (Å²) in [5.74, 6) is 1.45. The van der Waals surface area contributed by atoms with Gasteiger partial charge in [0.2, 0.25) is 5.91 Å². The molecule has 0 radical (unpaired) electrons. The summed E-state index contributed by atoms with van der Waals surface area (Å²) in [7, 11) is 3.23. The van der Waals surface area contributed by atoms with Crippen molar-refractivity contribution in [2.75, 3.05) is 20.8 Å². The highest BCUT2D eigenvalue weighted by Gasteiger charge is 2.32. The summed E-state index contributed by atoms with van der Waals surface area (Å²) in [4.78, 5) is 14.9. The van der Waals surface area contributed by atoms with Crippen molar-refractivity contribution in [2.24, 2.45) is 0 Å². The lowest BCUT2D eigenvalue weighted by molar-refractivity contribution is -0.133. The van der Waals surface area contributed by atoms with E-state index in [9.17, 15) is 4.79 Å². The van der Waals surface area contributed by atoms with E-state index in [1.807, 2.05) is 48.2 Å². The summed E-state index contributed by atoms with van der Waals surface area (Å²) in [6.45, 7) is 3.17. The highest BCUT2D eigenvalue weighted by atomic mass is 16.5. The van der Waals surface area contributed by atoms with Gasteiger partial charge >= 0.3 is 0 Å². The molecule has 3 rings (SSSR count). The van der Waals surface area contributed by atoms with Crippen molar-refractivity contribution in [3.8, 4) is 11.5 Å². The second kappa shape index (κ2) is 8.88. The highest BCUT2D eigenvalue weighted by Crippen LogP contribution is 2.28. The molecule has 1 amide bonds. The number of likely N-dealkylation sites (N-methyl/N-ethyl adjacent to an activating group) is 1. The first-order valence-corrected chi connectivity index (χ1v) is 9.22. The number of hydrazine groups is 1. The van der Waals surface area contributed by atoms with Crippen LogP contribution in [0, 0.1) is 0 Å². The van der Waals surface area contributed by atoms with Gasteiger partial charge in [-0.2, -0.15) is 0 Å². The Hall–Kier alpha value is -2.57. The maximum atomic E-state index is 13.0. The number of benzene rings is 2. The lowest BCUT2D eigenvalue weighted by Gasteiger charge is -2.24. The first kappa shape index (κ1) is 19.2. The molecule has 0 saturated carbocycles. The molecule has 1 saturated heterocycles. The van der Waals surface area contributed by atoms with Gasteiger partial charge in [0.05, 0.1) is 14.2 Å². The molecular weight excluding hydrogens is 342 g/mol. The number of nitrogens with zero attached hydrogens (tertiary/aromatic N) is 1. The van der Waals surface area contributed by atoms with E-state index in [0.717, 1.165) is 12.0 Å². The summed E-state index contributed by atoms with van der Waals surface area (Å²) in [5, 5.41) is 0. The molecule has 27 heavy (non-hydrogen) atoms. The molecule has 2 unspecified atom stereocenters. The van der Waals surface area contributed by atoms with Gasteiger partial charge in [-0.1, -0.05) is 36.4 Å². The first-order valence-electron chi connectivity index (χ1n) is 9.22. The smallest absolute Gasteiger partial charge is 0.241 e. The van der Waals surface area contributed by atoms with E-state index in [1.165, 1.54) is 5.56 Å². The van der Waals surface area contributed by atoms with E-state index in [1.54, 1.807) is 14.2 Å². The normalized spacial score (nSPS) is 18.9. The lowest BCUT2D eigenvalue weighted by atomic mass is 10.0. The van der Waals surface area contributed by atoms with Crippen LogP contribution in [-0.2, 0) is 11.3 Å². The van der Waals surface area contributed by atoms with Crippen molar-refractivity contribution in [3.63, 3.8) is 0 Å². The molecule has 2 aromatic rings. The Morgan fingerprint density at radius 3 is 2.48 bits per heavy atom. The number of ether oxygens (including phenoxy) is 2. The minimum absolute atomic E-state index is 0.0956. The SMILES string of the molecule is CCN(Cc1ccc(OC)c(OC)c1)C(=O)C1CC(c2ccccc2)NN1. The number of rotatable bonds is 7. The molecule has 0 spiro atoms. The fraction of sp³-hybridized carbons (Fsp3) is 0.381. The summed E-state index contributed by atoms with van der Waals surface area (Å²) in [6, 6.07) is 15.8. The van der Waals surface area contributed by atoms with Crippen molar-refractivity contribution >= 4 is 5.91 Å². The number of methoxy groups -OCH3 is 2. The Balaban J connectivity index is 1.66. The zero-order chi connectivity index (χ0) is 19.2. The Kier molecular flexibility index (Phi) is 6.32. The van der Waals surface area contributed by atoms with Crippen molar-refractivity contribution in [1.82, 2.24) is 15.8 Å². The third-order valence-corrected chi connectivity index (χ3v) is 4.92. The molecule has 1 aliphatic rings. The molecule has 6 nitrogen and oxygen atoms in total. The van der Waals surface area contributed by atoms with Crippen LogP contribution >= 0.6 is 0 Å². The van der Waals surface area contributed by atoms with E-state index in [0.29, 0.717) is 24.6 Å². The lowest BCUT2D eigenvalue weighted by Crippen LogP contribution is -2.45. The summed E-state index contributed by atoms with van der Waals surface area (Å²) in [5.41, 5.74) is 8.60. The number of nitrogens with one attached hydrogen (secondary N) is 2. The van der Waals surface area contributed by atoms with Crippen LogP contribution in [-0.4, -0.2) is 37.6 Å². The summed E-state index contributed by atoms with van der Waals surface area (Å²) >= 11 is 0. The van der Waals surface area contributed by atoms with Crippen LogP contribution in [0.5, 0.6) is 11.5 Å². The predicted octanol–water partition coefficient (Wildman–Crippen LogP) is 2.66. The van der Waals surface area contributed by atoms with Gasteiger partial charge in [-0.25, -0.2) is 10.9 Å². The predicted molar refractivity (Wildman–Crippen MR) is 104 cm³/mol. The Bertz CT molecular complexity index is 767. The quantitative estimate of drug-likeness (QED) is 0.786. The minimum atomic E-state index is -0.240. The van der Waals surface area contributed by atoms with Gasteiger partial charge in [-0.15, -0.1) is 0 Å². The molecule has 2 atom stereocenters. The van der Waals surface area contributed by atoms with Crippen LogP contribution in [0.2, 0.25) is 0 Å². The van der Waals surface area contributed by atoms with Gasteiger partial charge in [0.25, 0.3) is 0 Å². The van der Waals surface area contributed by atoms with Crippen LogP contribution in [0.15, 0.2) is 48.5 Å². The maximum absolute atomic E-state index is 13.0. The average Bonchev–Trinajstić information content (AvgIpc) is 3.22. The van der Waals surface area contributed by atoms with Gasteiger partial charge in [-0.3, -0.25) is 4.79 Å². The molecule has 1 heterocycles. The third kappa shape index (κ3) is 4.40. The fourth-order valence-electron chi connectivity index (χ4n) is 3.39. The van der Waals surface area contributed by atoms with Crippen molar-refractivity contribution in [2.45, 2.75) is 32.0 Å². The number of carbonyl (C=O) groups excluding carboxylic acids is 1. The molecule has 0 bridgehead atoms. The zero-order valence-electron chi connectivity index (χ0n) is 16.1. The van der Waals surface area contributed by atoms with Gasteiger partial charge in [0.15, 0.2) is 11.5 Å². The molecule has 1 fully saturated rings. The summed E-state index contributed by atoms with van der Waals surface area (Å²) in [6.07, 6.45) is 0.727. The van der Waals surface area contributed by atoms with Crippen molar-refractivity contribution in [1.29, 1.82) is 0 Å². The van der Waals surface area contributed by atoms with Gasteiger partial charge in [-0.05, 0) is 36.6 Å². The zero-order valence-corrected chi connectivity index (χ0v) is 16.1. The monoisotopic (exact) mass is 369 g/mol. The first-order chi connectivity index (χ1) is 13.2. The standard InChI is InChI=1S/C21H27N3O3/c1-4-24(14-15-10-11-19(26-2)20(12-15)27-3)21(25)18-13-17(22-23-18)16-8-6-5-7-9-16/h5-12,17-18,22-23H,4,13-14H2,1-3H3.